The molecule has 6 nitrogen and oxygen atoms in total. The van der Waals surface area contributed by atoms with Crippen molar-refractivity contribution in [1.29, 1.82) is 0 Å². The predicted molar refractivity (Wildman–Crippen MR) is 108 cm³/mol. The zero-order valence-electron chi connectivity index (χ0n) is 16.9. The van der Waals surface area contributed by atoms with Gasteiger partial charge in [0.15, 0.2) is 0 Å². The Morgan fingerprint density at radius 1 is 0.966 bits per heavy atom. The maximum atomic E-state index is 13.4. The summed E-state index contributed by atoms with van der Waals surface area (Å²) >= 11 is 0. The number of amides is 2. The quantitative estimate of drug-likeness (QED) is 0.642. The Bertz CT molecular complexity index is 983. The first-order valence-electron chi connectivity index (χ1n) is 9.65. The third-order valence-corrected chi connectivity index (χ3v) is 6.13. The van der Waals surface area contributed by atoms with E-state index in [1.807, 2.05) is 50.2 Å². The van der Waals surface area contributed by atoms with Crippen LogP contribution in [0.2, 0.25) is 0 Å². The second-order valence-electron chi connectivity index (χ2n) is 8.08. The number of imide groups is 1. The zero-order valence-corrected chi connectivity index (χ0v) is 16.9. The summed E-state index contributed by atoms with van der Waals surface area (Å²) in [6.45, 7) is 5.57. The lowest BCUT2D eigenvalue weighted by Crippen LogP contribution is -2.54. The highest BCUT2D eigenvalue weighted by Gasteiger charge is 2.67. The van der Waals surface area contributed by atoms with Gasteiger partial charge in [0.25, 0.3) is 0 Å². The molecule has 0 unspecified atom stereocenters. The predicted octanol–water partition coefficient (Wildman–Crippen LogP) is 2.69. The second kappa shape index (κ2) is 6.81. The van der Waals surface area contributed by atoms with Gasteiger partial charge in [-0.2, -0.15) is 0 Å². The van der Waals surface area contributed by atoms with Crippen LogP contribution < -0.4 is 10.2 Å². The molecular weight excluding hydrogens is 368 g/mol. The van der Waals surface area contributed by atoms with Gasteiger partial charge < -0.3 is 4.74 Å². The molecule has 150 valence electrons. The third-order valence-electron chi connectivity index (χ3n) is 6.13. The number of esters is 1. The molecule has 2 heterocycles. The molecule has 1 N–H and O–H groups in total. The van der Waals surface area contributed by atoms with Crippen molar-refractivity contribution in [2.24, 2.45) is 11.8 Å². The van der Waals surface area contributed by atoms with Crippen LogP contribution >= 0.6 is 0 Å². The average molecular weight is 392 g/mol. The number of carbonyl (C=O) groups excluding carboxylic acids is 3. The van der Waals surface area contributed by atoms with Crippen molar-refractivity contribution < 1.29 is 19.1 Å². The monoisotopic (exact) mass is 392 g/mol. The Kier molecular flexibility index (Phi) is 4.54. The first kappa shape index (κ1) is 19.3. The fraction of sp³-hybridized carbons (Fsp3) is 0.348. The molecule has 4 atom stereocenters. The summed E-state index contributed by atoms with van der Waals surface area (Å²) in [5.41, 5.74) is 2.22. The molecule has 0 saturated carbocycles. The minimum atomic E-state index is -1.29. The fourth-order valence-corrected chi connectivity index (χ4v) is 4.55. The van der Waals surface area contributed by atoms with Crippen LogP contribution in [0.1, 0.15) is 29.7 Å². The van der Waals surface area contributed by atoms with Crippen LogP contribution in [0.3, 0.4) is 0 Å². The summed E-state index contributed by atoms with van der Waals surface area (Å²) in [5, 5.41) is 3.25. The van der Waals surface area contributed by atoms with Crippen molar-refractivity contribution in [1.82, 2.24) is 5.32 Å². The highest BCUT2D eigenvalue weighted by molar-refractivity contribution is 6.24. The van der Waals surface area contributed by atoms with E-state index in [9.17, 15) is 14.4 Å². The van der Waals surface area contributed by atoms with Crippen LogP contribution in [0, 0.1) is 25.7 Å². The average Bonchev–Trinajstić information content (AvgIpc) is 3.17. The minimum absolute atomic E-state index is 0.297. The van der Waals surface area contributed by atoms with Gasteiger partial charge in [0, 0.05) is 6.04 Å². The van der Waals surface area contributed by atoms with E-state index >= 15 is 0 Å². The molecule has 4 rings (SSSR count). The Morgan fingerprint density at radius 3 is 2.07 bits per heavy atom. The van der Waals surface area contributed by atoms with Crippen molar-refractivity contribution in [3.8, 4) is 0 Å². The van der Waals surface area contributed by atoms with E-state index in [1.165, 1.54) is 12.0 Å². The molecule has 0 spiro atoms. The number of ether oxygens (including phenoxy) is 1. The summed E-state index contributed by atoms with van der Waals surface area (Å²) in [5.74, 6) is -2.74. The molecule has 2 aromatic carbocycles. The molecule has 2 saturated heterocycles. The Balaban J connectivity index is 1.81. The molecule has 29 heavy (non-hydrogen) atoms. The molecule has 0 aromatic heterocycles. The number of anilines is 1. The van der Waals surface area contributed by atoms with E-state index in [1.54, 1.807) is 19.1 Å². The lowest BCUT2D eigenvalue weighted by molar-refractivity contribution is -0.151. The van der Waals surface area contributed by atoms with Gasteiger partial charge in [-0.05, 0) is 38.5 Å². The Hall–Kier alpha value is -2.99. The minimum Gasteiger partial charge on any atom is -0.468 e. The number of carbonyl (C=O) groups is 3. The number of methoxy groups -OCH3 is 1. The van der Waals surface area contributed by atoms with Gasteiger partial charge in [-0.1, -0.05) is 47.5 Å². The van der Waals surface area contributed by atoms with E-state index in [2.05, 4.69) is 5.32 Å². The highest BCUT2D eigenvalue weighted by atomic mass is 16.5. The number of fused-ring (bicyclic) bond motifs is 1. The molecule has 2 aromatic rings. The first-order valence-corrected chi connectivity index (χ1v) is 9.65. The maximum absolute atomic E-state index is 13.4. The van der Waals surface area contributed by atoms with Crippen LogP contribution in [0.25, 0.3) is 0 Å². The standard InChI is InChI=1S/C23H24N2O4/c1-13-5-9-15(10-6-13)19-17-18(23(3,24-19)22(28)29-4)21(27)25(20(17)26)16-11-7-14(2)8-12-16/h5-12,17-19,24H,1-4H3/t17-,18+,19+,23+/m1/s1. The van der Waals surface area contributed by atoms with Crippen molar-refractivity contribution in [3.05, 3.63) is 65.2 Å². The van der Waals surface area contributed by atoms with Gasteiger partial charge in [0.05, 0.1) is 24.6 Å². The summed E-state index contributed by atoms with van der Waals surface area (Å²) in [7, 11) is 1.29. The number of benzene rings is 2. The lowest BCUT2D eigenvalue weighted by Gasteiger charge is -2.28. The highest BCUT2D eigenvalue weighted by Crippen LogP contribution is 2.49. The zero-order chi connectivity index (χ0) is 20.9. The molecule has 0 aliphatic carbocycles. The largest absolute Gasteiger partial charge is 0.468 e. The van der Waals surface area contributed by atoms with Crippen LogP contribution in [0.5, 0.6) is 0 Å². The number of nitrogens with one attached hydrogen (secondary N) is 1. The SMILES string of the molecule is COC(=O)[C@@]1(C)N[C@@H](c2ccc(C)cc2)[C@@H]2C(=O)N(c3ccc(C)cc3)C(=O)[C@H]21. The molecule has 2 aliphatic heterocycles. The molecule has 2 amide bonds. The van der Waals surface area contributed by atoms with E-state index < -0.39 is 29.4 Å². The van der Waals surface area contributed by atoms with Gasteiger partial charge in [-0.3, -0.25) is 19.7 Å². The van der Waals surface area contributed by atoms with Gasteiger partial charge in [0.1, 0.15) is 5.54 Å². The fourth-order valence-electron chi connectivity index (χ4n) is 4.55. The van der Waals surface area contributed by atoms with Gasteiger partial charge in [0.2, 0.25) is 11.8 Å². The van der Waals surface area contributed by atoms with Gasteiger partial charge in [-0.25, -0.2) is 4.90 Å². The molecule has 0 radical (unpaired) electrons. The number of rotatable bonds is 3. The van der Waals surface area contributed by atoms with Crippen LogP contribution in [-0.4, -0.2) is 30.4 Å². The second-order valence-corrected chi connectivity index (χ2v) is 8.08. The van der Waals surface area contributed by atoms with Crippen molar-refractivity contribution in [2.45, 2.75) is 32.4 Å². The maximum Gasteiger partial charge on any atom is 0.326 e. The lowest BCUT2D eigenvalue weighted by atomic mass is 9.80. The molecule has 6 heteroatoms. The summed E-state index contributed by atoms with van der Waals surface area (Å²) in [4.78, 5) is 40.8. The van der Waals surface area contributed by atoms with Crippen molar-refractivity contribution in [3.63, 3.8) is 0 Å². The van der Waals surface area contributed by atoms with E-state index in [0.29, 0.717) is 5.69 Å². The molecule has 2 fully saturated rings. The van der Waals surface area contributed by atoms with Crippen molar-refractivity contribution >= 4 is 23.5 Å². The van der Waals surface area contributed by atoms with E-state index in [0.717, 1.165) is 16.7 Å². The van der Waals surface area contributed by atoms with E-state index in [4.69, 9.17) is 4.74 Å². The van der Waals surface area contributed by atoms with Crippen LogP contribution in [0.15, 0.2) is 48.5 Å². The Morgan fingerprint density at radius 2 is 1.52 bits per heavy atom. The van der Waals surface area contributed by atoms with Crippen molar-refractivity contribution in [2.75, 3.05) is 12.0 Å². The molecular formula is C23H24N2O4. The summed E-state index contributed by atoms with van der Waals surface area (Å²) < 4.78 is 5.01. The van der Waals surface area contributed by atoms with Gasteiger partial charge in [-0.15, -0.1) is 0 Å². The van der Waals surface area contributed by atoms with Crippen LogP contribution in [-0.2, 0) is 19.1 Å². The third kappa shape index (κ3) is 2.86. The number of hydrogen-bond donors (Lipinski definition) is 1. The molecule has 0 bridgehead atoms. The Labute approximate surface area is 169 Å². The molecule has 2 aliphatic rings. The van der Waals surface area contributed by atoms with E-state index in [-0.39, 0.29) is 11.8 Å². The summed E-state index contributed by atoms with van der Waals surface area (Å²) in [6.07, 6.45) is 0. The normalized spacial score (nSPS) is 28.6. The van der Waals surface area contributed by atoms with Crippen LogP contribution in [0.4, 0.5) is 5.69 Å². The van der Waals surface area contributed by atoms with Gasteiger partial charge >= 0.3 is 5.97 Å². The number of nitrogens with zero attached hydrogens (tertiary/aromatic N) is 1. The first-order chi connectivity index (χ1) is 13.8. The smallest absolute Gasteiger partial charge is 0.326 e. The topological polar surface area (TPSA) is 75.7 Å². The number of aryl methyl sites for hydroxylation is 2. The summed E-state index contributed by atoms with van der Waals surface area (Å²) in [6, 6.07) is 14.6. The number of hydrogen-bond acceptors (Lipinski definition) is 5.